The van der Waals surface area contributed by atoms with Gasteiger partial charge >= 0.3 is 0 Å². The molecule has 1 unspecified atom stereocenters. The summed E-state index contributed by atoms with van der Waals surface area (Å²) in [4.78, 5) is 2.18. The Balaban J connectivity index is 2.18. The van der Waals surface area contributed by atoms with Crippen LogP contribution in [0, 0.1) is 5.92 Å². The fourth-order valence-corrected chi connectivity index (χ4v) is 1.56. The van der Waals surface area contributed by atoms with Crippen molar-refractivity contribution in [3.63, 3.8) is 0 Å². The van der Waals surface area contributed by atoms with Crippen molar-refractivity contribution in [1.29, 1.82) is 0 Å². The van der Waals surface area contributed by atoms with Gasteiger partial charge in [-0.1, -0.05) is 6.92 Å². The van der Waals surface area contributed by atoms with E-state index in [9.17, 15) is 0 Å². The number of hydrogen-bond donors (Lipinski definition) is 5. The van der Waals surface area contributed by atoms with Crippen molar-refractivity contribution < 1.29 is 0 Å². The molecule has 16 heavy (non-hydrogen) atoms. The van der Waals surface area contributed by atoms with Crippen molar-refractivity contribution >= 4 is 0 Å². The van der Waals surface area contributed by atoms with Crippen molar-refractivity contribution in [1.82, 2.24) is 31.7 Å². The van der Waals surface area contributed by atoms with Crippen LogP contribution in [-0.4, -0.2) is 58.1 Å². The molecule has 1 atom stereocenters. The minimum atomic E-state index is 0.660. The highest BCUT2D eigenvalue weighted by atomic mass is 15.4. The second kappa shape index (κ2) is 8.86. The van der Waals surface area contributed by atoms with Crippen LogP contribution in [0.3, 0.4) is 0 Å². The van der Waals surface area contributed by atoms with Gasteiger partial charge in [-0.3, -0.25) is 4.90 Å². The van der Waals surface area contributed by atoms with Crippen molar-refractivity contribution in [2.45, 2.75) is 6.92 Å². The van der Waals surface area contributed by atoms with E-state index in [4.69, 9.17) is 0 Å². The lowest BCUT2D eigenvalue weighted by Gasteiger charge is -2.20. The molecule has 6 heteroatoms. The number of nitrogens with one attached hydrogen (secondary N) is 5. The first kappa shape index (κ1) is 13.8. The van der Waals surface area contributed by atoms with Crippen LogP contribution in [-0.2, 0) is 0 Å². The maximum atomic E-state index is 3.45. The summed E-state index contributed by atoms with van der Waals surface area (Å²) < 4.78 is 0. The molecule has 0 aliphatic carbocycles. The third-order valence-corrected chi connectivity index (χ3v) is 2.53. The normalized spacial score (nSPS) is 28.5. The van der Waals surface area contributed by atoms with Crippen molar-refractivity contribution in [2.75, 3.05) is 53.2 Å². The first-order chi connectivity index (χ1) is 7.79. The van der Waals surface area contributed by atoms with E-state index in [2.05, 4.69) is 45.7 Å². The fraction of sp³-hybridized carbons (Fsp3) is 1.00. The molecule has 0 bridgehead atoms. The smallest absolute Gasteiger partial charge is 0.0623 e. The molecule has 1 aliphatic heterocycles. The Morgan fingerprint density at radius 2 is 1.69 bits per heavy atom. The molecule has 5 N–H and O–H groups in total. The number of nitrogens with zero attached hydrogens (tertiary/aromatic N) is 1. The molecule has 1 heterocycles. The minimum absolute atomic E-state index is 0.660. The topological polar surface area (TPSA) is 63.4 Å². The first-order valence-electron chi connectivity index (χ1n) is 6.05. The molecule has 0 amide bonds. The third kappa shape index (κ3) is 7.10. The SMILES string of the molecule is CC1CNCCNCN(C)CNNCNC1. The van der Waals surface area contributed by atoms with E-state index in [1.165, 1.54) is 0 Å². The predicted octanol–water partition coefficient (Wildman–Crippen LogP) is -1.70. The van der Waals surface area contributed by atoms with Crippen LogP contribution in [0.25, 0.3) is 0 Å². The molecule has 6 nitrogen and oxygen atoms in total. The molecule has 0 aromatic carbocycles. The van der Waals surface area contributed by atoms with Gasteiger partial charge < -0.3 is 16.0 Å². The lowest BCUT2D eigenvalue weighted by Crippen LogP contribution is -2.48. The molecule has 0 aromatic rings. The number of rotatable bonds is 0. The van der Waals surface area contributed by atoms with Gasteiger partial charge in [0.1, 0.15) is 0 Å². The summed E-state index contributed by atoms with van der Waals surface area (Å²) in [6.07, 6.45) is 0. The molecule has 1 saturated heterocycles. The van der Waals surface area contributed by atoms with Gasteiger partial charge in [0.15, 0.2) is 0 Å². The van der Waals surface area contributed by atoms with Crippen LogP contribution < -0.4 is 26.8 Å². The highest BCUT2D eigenvalue weighted by Crippen LogP contribution is 1.88. The van der Waals surface area contributed by atoms with Crippen LogP contribution in [0.2, 0.25) is 0 Å². The Bertz CT molecular complexity index is 131. The standard InChI is InChI=1S/C10H26N6/c1-10-5-11-3-4-12-8-16(2)9-15-14-7-13-6-10/h10-15H,3-9H2,1-2H3. The average molecular weight is 230 g/mol. The number of hydrogen-bond acceptors (Lipinski definition) is 6. The maximum Gasteiger partial charge on any atom is 0.0623 e. The van der Waals surface area contributed by atoms with E-state index in [-0.39, 0.29) is 0 Å². The molecular formula is C10H26N6. The molecule has 0 spiro atoms. The van der Waals surface area contributed by atoms with Gasteiger partial charge in [0.05, 0.1) is 13.3 Å². The van der Waals surface area contributed by atoms with Crippen LogP contribution in [0.15, 0.2) is 0 Å². The van der Waals surface area contributed by atoms with E-state index in [0.717, 1.165) is 46.2 Å². The second-order valence-corrected chi connectivity index (χ2v) is 4.47. The molecule has 0 saturated carbocycles. The third-order valence-electron chi connectivity index (χ3n) is 2.53. The van der Waals surface area contributed by atoms with Crippen LogP contribution in [0.5, 0.6) is 0 Å². The monoisotopic (exact) mass is 230 g/mol. The van der Waals surface area contributed by atoms with Gasteiger partial charge in [-0.05, 0) is 19.5 Å². The molecule has 96 valence electrons. The summed E-state index contributed by atoms with van der Waals surface area (Å²) >= 11 is 0. The molecule has 0 aromatic heterocycles. The van der Waals surface area contributed by atoms with Crippen LogP contribution >= 0.6 is 0 Å². The average Bonchev–Trinajstić information content (AvgIpc) is 2.27. The van der Waals surface area contributed by atoms with Gasteiger partial charge in [-0.25, -0.2) is 10.9 Å². The molecule has 1 fully saturated rings. The molecule has 1 rings (SSSR count). The number of hydrazine groups is 1. The Labute approximate surface area is 98.5 Å². The van der Waals surface area contributed by atoms with Crippen molar-refractivity contribution in [2.24, 2.45) is 5.92 Å². The van der Waals surface area contributed by atoms with Crippen LogP contribution in [0.4, 0.5) is 0 Å². The minimum Gasteiger partial charge on any atom is -0.315 e. The van der Waals surface area contributed by atoms with Crippen LogP contribution in [0.1, 0.15) is 6.92 Å². The summed E-state index contributed by atoms with van der Waals surface area (Å²) in [5, 5.41) is 10.2. The zero-order chi connectivity index (χ0) is 11.6. The van der Waals surface area contributed by atoms with Gasteiger partial charge in [0.2, 0.25) is 0 Å². The predicted molar refractivity (Wildman–Crippen MR) is 66.7 cm³/mol. The van der Waals surface area contributed by atoms with Gasteiger partial charge in [0, 0.05) is 26.3 Å². The summed E-state index contributed by atoms with van der Waals surface area (Å²) in [6, 6.07) is 0. The quantitative estimate of drug-likeness (QED) is 0.342. The zero-order valence-electron chi connectivity index (χ0n) is 10.5. The molecule has 1 aliphatic rings. The van der Waals surface area contributed by atoms with E-state index in [1.807, 2.05) is 0 Å². The highest BCUT2D eigenvalue weighted by Gasteiger charge is 2.02. The maximum absolute atomic E-state index is 3.45. The second-order valence-electron chi connectivity index (χ2n) is 4.47. The fourth-order valence-electron chi connectivity index (χ4n) is 1.56. The molecule has 0 radical (unpaired) electrons. The van der Waals surface area contributed by atoms with E-state index >= 15 is 0 Å². The van der Waals surface area contributed by atoms with Gasteiger partial charge in [-0.15, -0.1) is 0 Å². The van der Waals surface area contributed by atoms with Crippen molar-refractivity contribution in [3.05, 3.63) is 0 Å². The summed E-state index contributed by atoms with van der Waals surface area (Å²) in [5.74, 6) is 0.660. The Hall–Kier alpha value is -0.240. The Morgan fingerprint density at radius 1 is 0.938 bits per heavy atom. The zero-order valence-corrected chi connectivity index (χ0v) is 10.5. The van der Waals surface area contributed by atoms with Crippen molar-refractivity contribution in [3.8, 4) is 0 Å². The Kier molecular flexibility index (Phi) is 7.65. The largest absolute Gasteiger partial charge is 0.315 e. The van der Waals surface area contributed by atoms with E-state index in [1.54, 1.807) is 0 Å². The van der Waals surface area contributed by atoms with Gasteiger partial charge in [-0.2, -0.15) is 0 Å². The first-order valence-corrected chi connectivity index (χ1v) is 6.05. The lowest BCUT2D eigenvalue weighted by atomic mass is 10.2. The lowest BCUT2D eigenvalue weighted by molar-refractivity contribution is 0.260. The van der Waals surface area contributed by atoms with E-state index in [0.29, 0.717) is 5.92 Å². The van der Waals surface area contributed by atoms with E-state index < -0.39 is 0 Å². The molecular weight excluding hydrogens is 204 g/mol. The summed E-state index contributed by atoms with van der Waals surface area (Å²) in [7, 11) is 2.08. The highest BCUT2D eigenvalue weighted by molar-refractivity contribution is 4.61. The van der Waals surface area contributed by atoms with Gasteiger partial charge in [0.25, 0.3) is 0 Å². The summed E-state index contributed by atoms with van der Waals surface area (Å²) in [5.41, 5.74) is 6.30. The summed E-state index contributed by atoms with van der Waals surface area (Å²) in [6.45, 7) is 8.92. The Morgan fingerprint density at radius 3 is 2.56 bits per heavy atom.